The Kier molecular flexibility index (Phi) is 6.08. The molecule has 0 aliphatic heterocycles. The zero-order valence-corrected chi connectivity index (χ0v) is 13.3. The standard InChI is InChI=1S/C18H19N3O3/c1-13(22)20-15-7-9-16(10-8-15)21-18(24)11-17(23)19-12-14-5-3-2-4-6-14/h2-10H,11-12H2,1H3,(H,19,23)(H,20,22)(H,21,24). The van der Waals surface area contributed by atoms with Gasteiger partial charge in [0.1, 0.15) is 6.42 Å². The maximum Gasteiger partial charge on any atom is 0.233 e. The second-order valence-electron chi connectivity index (χ2n) is 5.25. The van der Waals surface area contributed by atoms with E-state index in [0.29, 0.717) is 17.9 Å². The third-order valence-electron chi connectivity index (χ3n) is 3.14. The van der Waals surface area contributed by atoms with Gasteiger partial charge in [-0.1, -0.05) is 30.3 Å². The number of hydrogen-bond donors (Lipinski definition) is 3. The summed E-state index contributed by atoms with van der Waals surface area (Å²) in [5.41, 5.74) is 2.17. The fourth-order valence-electron chi connectivity index (χ4n) is 2.05. The minimum atomic E-state index is -0.396. The van der Waals surface area contributed by atoms with E-state index < -0.39 is 5.91 Å². The van der Waals surface area contributed by atoms with Gasteiger partial charge >= 0.3 is 0 Å². The van der Waals surface area contributed by atoms with Crippen molar-refractivity contribution in [3.8, 4) is 0 Å². The number of hydrogen-bond acceptors (Lipinski definition) is 3. The fraction of sp³-hybridized carbons (Fsp3) is 0.167. The molecule has 124 valence electrons. The smallest absolute Gasteiger partial charge is 0.233 e. The van der Waals surface area contributed by atoms with E-state index in [2.05, 4.69) is 16.0 Å². The van der Waals surface area contributed by atoms with Crippen LogP contribution in [0.5, 0.6) is 0 Å². The summed E-state index contributed by atoms with van der Waals surface area (Å²) in [5.74, 6) is -0.902. The first-order valence-electron chi connectivity index (χ1n) is 7.51. The molecule has 0 aromatic heterocycles. The highest BCUT2D eigenvalue weighted by Gasteiger charge is 2.09. The average molecular weight is 325 g/mol. The Hall–Kier alpha value is -3.15. The summed E-state index contributed by atoms with van der Waals surface area (Å²) in [5, 5.41) is 7.97. The highest BCUT2D eigenvalue weighted by Crippen LogP contribution is 2.13. The van der Waals surface area contributed by atoms with Gasteiger partial charge < -0.3 is 16.0 Å². The second-order valence-corrected chi connectivity index (χ2v) is 5.25. The van der Waals surface area contributed by atoms with Crippen molar-refractivity contribution >= 4 is 29.1 Å². The van der Waals surface area contributed by atoms with E-state index in [1.54, 1.807) is 24.3 Å². The van der Waals surface area contributed by atoms with Crippen molar-refractivity contribution in [3.63, 3.8) is 0 Å². The van der Waals surface area contributed by atoms with E-state index in [4.69, 9.17) is 0 Å². The quantitative estimate of drug-likeness (QED) is 0.712. The highest BCUT2D eigenvalue weighted by atomic mass is 16.2. The van der Waals surface area contributed by atoms with Crippen LogP contribution in [0.25, 0.3) is 0 Å². The van der Waals surface area contributed by atoms with Crippen molar-refractivity contribution in [1.82, 2.24) is 5.32 Å². The Morgan fingerprint density at radius 1 is 0.792 bits per heavy atom. The topological polar surface area (TPSA) is 87.3 Å². The number of rotatable bonds is 6. The van der Waals surface area contributed by atoms with Crippen LogP contribution in [0.4, 0.5) is 11.4 Å². The summed E-state index contributed by atoms with van der Waals surface area (Å²) in [4.78, 5) is 34.6. The summed E-state index contributed by atoms with van der Waals surface area (Å²) < 4.78 is 0. The van der Waals surface area contributed by atoms with Crippen molar-refractivity contribution in [3.05, 3.63) is 60.2 Å². The molecule has 2 aromatic carbocycles. The van der Waals surface area contributed by atoms with Gasteiger partial charge in [0, 0.05) is 24.8 Å². The Bertz CT molecular complexity index is 712. The van der Waals surface area contributed by atoms with Crippen LogP contribution in [-0.4, -0.2) is 17.7 Å². The van der Waals surface area contributed by atoms with Gasteiger partial charge in [0.2, 0.25) is 17.7 Å². The van der Waals surface area contributed by atoms with Gasteiger partial charge in [0.05, 0.1) is 0 Å². The van der Waals surface area contributed by atoms with Crippen molar-refractivity contribution in [1.29, 1.82) is 0 Å². The minimum Gasteiger partial charge on any atom is -0.352 e. The van der Waals surface area contributed by atoms with Gasteiger partial charge in [-0.15, -0.1) is 0 Å². The highest BCUT2D eigenvalue weighted by molar-refractivity contribution is 6.03. The molecular formula is C18H19N3O3. The first-order valence-corrected chi connectivity index (χ1v) is 7.51. The molecule has 0 saturated heterocycles. The van der Waals surface area contributed by atoms with Crippen molar-refractivity contribution in [2.45, 2.75) is 19.9 Å². The molecule has 3 amide bonds. The van der Waals surface area contributed by atoms with Gasteiger partial charge in [-0.3, -0.25) is 14.4 Å². The van der Waals surface area contributed by atoms with Gasteiger partial charge in [0.15, 0.2) is 0 Å². The van der Waals surface area contributed by atoms with Crippen LogP contribution in [-0.2, 0) is 20.9 Å². The molecule has 0 saturated carbocycles. The molecule has 0 aliphatic rings. The van der Waals surface area contributed by atoms with Gasteiger partial charge in [-0.25, -0.2) is 0 Å². The molecule has 0 unspecified atom stereocenters. The predicted molar refractivity (Wildman–Crippen MR) is 92.3 cm³/mol. The summed E-state index contributed by atoms with van der Waals surface area (Å²) in [6.45, 7) is 1.81. The van der Waals surface area contributed by atoms with Crippen LogP contribution in [0.1, 0.15) is 18.9 Å². The van der Waals surface area contributed by atoms with Crippen LogP contribution in [0.3, 0.4) is 0 Å². The largest absolute Gasteiger partial charge is 0.352 e. The minimum absolute atomic E-state index is 0.165. The monoisotopic (exact) mass is 325 g/mol. The van der Waals surface area contributed by atoms with Gasteiger partial charge in [-0.2, -0.15) is 0 Å². The van der Waals surface area contributed by atoms with E-state index in [1.807, 2.05) is 30.3 Å². The maximum absolute atomic E-state index is 11.9. The van der Waals surface area contributed by atoms with Crippen LogP contribution < -0.4 is 16.0 Å². The molecule has 24 heavy (non-hydrogen) atoms. The lowest BCUT2D eigenvalue weighted by atomic mass is 10.2. The Balaban J connectivity index is 1.77. The molecule has 6 nitrogen and oxygen atoms in total. The van der Waals surface area contributed by atoms with E-state index in [1.165, 1.54) is 6.92 Å². The number of carbonyl (C=O) groups excluding carboxylic acids is 3. The third-order valence-corrected chi connectivity index (χ3v) is 3.14. The van der Waals surface area contributed by atoms with E-state index in [9.17, 15) is 14.4 Å². The van der Waals surface area contributed by atoms with Crippen molar-refractivity contribution in [2.75, 3.05) is 10.6 Å². The molecule has 0 heterocycles. The number of benzene rings is 2. The van der Waals surface area contributed by atoms with Crippen molar-refractivity contribution < 1.29 is 14.4 Å². The molecule has 2 rings (SSSR count). The molecule has 2 aromatic rings. The lowest BCUT2D eigenvalue weighted by Gasteiger charge is -2.08. The van der Waals surface area contributed by atoms with Crippen LogP contribution in [0.2, 0.25) is 0 Å². The van der Waals surface area contributed by atoms with Gasteiger partial charge in [0.25, 0.3) is 0 Å². The zero-order chi connectivity index (χ0) is 17.4. The maximum atomic E-state index is 11.9. The third kappa shape index (κ3) is 5.92. The van der Waals surface area contributed by atoms with E-state index in [-0.39, 0.29) is 18.2 Å². The lowest BCUT2D eigenvalue weighted by molar-refractivity contribution is -0.127. The van der Waals surface area contributed by atoms with Crippen LogP contribution in [0, 0.1) is 0 Å². The number of anilines is 2. The summed E-state index contributed by atoms with van der Waals surface area (Å²) in [6, 6.07) is 16.1. The normalized spacial score (nSPS) is 9.88. The molecule has 3 N–H and O–H groups in total. The summed E-state index contributed by atoms with van der Waals surface area (Å²) in [7, 11) is 0. The van der Waals surface area contributed by atoms with E-state index >= 15 is 0 Å². The van der Waals surface area contributed by atoms with Crippen LogP contribution >= 0.6 is 0 Å². The molecular weight excluding hydrogens is 306 g/mol. The Morgan fingerprint density at radius 3 is 1.96 bits per heavy atom. The van der Waals surface area contributed by atoms with E-state index in [0.717, 1.165) is 5.56 Å². The molecule has 0 spiro atoms. The molecule has 0 bridgehead atoms. The average Bonchev–Trinajstić information content (AvgIpc) is 2.55. The summed E-state index contributed by atoms with van der Waals surface area (Å²) >= 11 is 0. The number of carbonyl (C=O) groups is 3. The SMILES string of the molecule is CC(=O)Nc1ccc(NC(=O)CC(=O)NCc2ccccc2)cc1. The first-order chi connectivity index (χ1) is 11.5. The second kappa shape index (κ2) is 8.47. The lowest BCUT2D eigenvalue weighted by Crippen LogP contribution is -2.27. The first kappa shape index (κ1) is 17.2. The molecule has 0 radical (unpaired) electrons. The molecule has 0 fully saturated rings. The van der Waals surface area contributed by atoms with Gasteiger partial charge in [-0.05, 0) is 29.8 Å². The number of amides is 3. The molecule has 6 heteroatoms. The predicted octanol–water partition coefficient (Wildman–Crippen LogP) is 2.29. The molecule has 0 aliphatic carbocycles. The Labute approximate surface area is 140 Å². The Morgan fingerprint density at radius 2 is 1.38 bits per heavy atom. The molecule has 0 atom stereocenters. The van der Waals surface area contributed by atoms with Crippen molar-refractivity contribution in [2.24, 2.45) is 0 Å². The zero-order valence-electron chi connectivity index (χ0n) is 13.3. The fourth-order valence-corrected chi connectivity index (χ4v) is 2.05. The number of nitrogens with one attached hydrogen (secondary N) is 3. The summed E-state index contributed by atoms with van der Waals surface area (Å²) in [6.07, 6.45) is -0.250. The van der Waals surface area contributed by atoms with Crippen LogP contribution in [0.15, 0.2) is 54.6 Å².